The number of nitrogens with one attached hydrogen (secondary N) is 2. The molecule has 1 aliphatic carbocycles. The van der Waals surface area contributed by atoms with Crippen molar-refractivity contribution in [2.75, 3.05) is 19.7 Å². The normalized spacial score (nSPS) is 18.9. The number of rotatable bonds is 6. The Bertz CT molecular complexity index is 711. The van der Waals surface area contributed by atoms with Crippen LogP contribution in [0, 0.1) is 6.92 Å². The van der Waals surface area contributed by atoms with Crippen molar-refractivity contribution in [3.8, 4) is 5.75 Å². The molecule has 3 rings (SSSR count). The van der Waals surface area contributed by atoms with Gasteiger partial charge in [0.1, 0.15) is 24.4 Å². The Morgan fingerprint density at radius 3 is 2.67 bits per heavy atom. The second-order valence-corrected chi connectivity index (χ2v) is 7.33. The van der Waals surface area contributed by atoms with Gasteiger partial charge in [-0.2, -0.15) is 0 Å². The van der Waals surface area contributed by atoms with Gasteiger partial charge < -0.3 is 15.4 Å². The van der Waals surface area contributed by atoms with Gasteiger partial charge >= 0.3 is 6.03 Å². The molecule has 1 heterocycles. The lowest BCUT2D eigenvalue weighted by atomic mass is 9.90. The summed E-state index contributed by atoms with van der Waals surface area (Å²) in [6, 6.07) is 7.20. The lowest BCUT2D eigenvalue weighted by Gasteiger charge is -2.24. The Kier molecular flexibility index (Phi) is 5.98. The summed E-state index contributed by atoms with van der Waals surface area (Å²) in [5.74, 6) is 0.117. The van der Waals surface area contributed by atoms with Crippen molar-refractivity contribution in [2.45, 2.75) is 51.0 Å². The van der Waals surface area contributed by atoms with E-state index in [-0.39, 0.29) is 18.4 Å². The van der Waals surface area contributed by atoms with Gasteiger partial charge in [-0.25, -0.2) is 4.79 Å². The lowest BCUT2D eigenvalue weighted by Crippen LogP contribution is -2.47. The molecule has 7 heteroatoms. The molecule has 1 aromatic carbocycles. The van der Waals surface area contributed by atoms with Crippen molar-refractivity contribution in [1.29, 1.82) is 0 Å². The molecule has 0 bridgehead atoms. The maximum absolute atomic E-state index is 12.8. The van der Waals surface area contributed by atoms with Gasteiger partial charge in [-0.1, -0.05) is 37.8 Å². The molecular formula is C20H27N3O4. The summed E-state index contributed by atoms with van der Waals surface area (Å²) in [5.41, 5.74) is 0.296. The molecule has 1 saturated heterocycles. The van der Waals surface area contributed by atoms with Gasteiger partial charge in [-0.15, -0.1) is 0 Å². The smallest absolute Gasteiger partial charge is 0.325 e. The van der Waals surface area contributed by atoms with E-state index in [4.69, 9.17) is 4.74 Å². The van der Waals surface area contributed by atoms with Crippen LogP contribution in [0.4, 0.5) is 4.79 Å². The maximum Gasteiger partial charge on any atom is 0.325 e. The van der Waals surface area contributed by atoms with Crippen LogP contribution >= 0.6 is 0 Å². The zero-order valence-electron chi connectivity index (χ0n) is 15.8. The van der Waals surface area contributed by atoms with Gasteiger partial charge in [-0.05, 0) is 37.5 Å². The minimum absolute atomic E-state index is 0.253. The van der Waals surface area contributed by atoms with Gasteiger partial charge in [-0.3, -0.25) is 14.5 Å². The molecule has 0 radical (unpaired) electrons. The minimum Gasteiger partial charge on any atom is -0.492 e. The van der Waals surface area contributed by atoms with E-state index in [1.807, 2.05) is 31.2 Å². The van der Waals surface area contributed by atoms with Crippen LogP contribution in [-0.2, 0) is 9.59 Å². The van der Waals surface area contributed by atoms with Crippen molar-refractivity contribution in [2.24, 2.45) is 0 Å². The Morgan fingerprint density at radius 2 is 1.96 bits per heavy atom. The molecule has 1 aliphatic heterocycles. The molecule has 4 amide bonds. The van der Waals surface area contributed by atoms with E-state index in [1.54, 1.807) is 0 Å². The highest BCUT2D eigenvalue weighted by Crippen LogP contribution is 2.32. The first-order valence-corrected chi connectivity index (χ1v) is 9.60. The quantitative estimate of drug-likeness (QED) is 0.591. The molecule has 2 aliphatic rings. The van der Waals surface area contributed by atoms with Crippen LogP contribution < -0.4 is 15.4 Å². The summed E-state index contributed by atoms with van der Waals surface area (Å²) < 4.78 is 5.58. The predicted octanol–water partition coefficient (Wildman–Crippen LogP) is 2.13. The highest BCUT2D eigenvalue weighted by molar-refractivity contribution is 6.09. The first kappa shape index (κ1) is 19.2. The molecule has 0 aromatic heterocycles. The summed E-state index contributed by atoms with van der Waals surface area (Å²) in [4.78, 5) is 38.2. The molecule has 1 saturated carbocycles. The zero-order chi connectivity index (χ0) is 19.3. The fourth-order valence-corrected chi connectivity index (χ4v) is 3.75. The summed E-state index contributed by atoms with van der Waals surface area (Å²) in [6.45, 7) is 2.35. The number of hydrogen-bond acceptors (Lipinski definition) is 4. The summed E-state index contributed by atoms with van der Waals surface area (Å²) >= 11 is 0. The average molecular weight is 373 g/mol. The van der Waals surface area contributed by atoms with Crippen LogP contribution in [0.3, 0.4) is 0 Å². The van der Waals surface area contributed by atoms with Crippen LogP contribution in [0.15, 0.2) is 24.3 Å². The van der Waals surface area contributed by atoms with Gasteiger partial charge in [0.2, 0.25) is 5.91 Å². The number of nitrogens with zero attached hydrogens (tertiary/aromatic N) is 1. The molecule has 7 nitrogen and oxygen atoms in total. The Balaban J connectivity index is 1.46. The van der Waals surface area contributed by atoms with Crippen molar-refractivity contribution >= 4 is 17.8 Å². The van der Waals surface area contributed by atoms with E-state index in [1.165, 1.54) is 0 Å². The second-order valence-electron chi connectivity index (χ2n) is 7.33. The second kappa shape index (κ2) is 8.41. The number of benzene rings is 1. The van der Waals surface area contributed by atoms with Gasteiger partial charge in [0.05, 0.1) is 6.54 Å². The van der Waals surface area contributed by atoms with Crippen LogP contribution in [0.5, 0.6) is 5.75 Å². The maximum atomic E-state index is 12.8. The standard InChI is InChI=1S/C20H27N3O4/c1-15-7-6-8-16(13-15)27-12-11-21-17(24)14-23-18(25)20(22-19(23)26)9-4-2-3-5-10-20/h6-8,13H,2-5,9-12,14H2,1H3,(H,21,24)(H,22,26). The van der Waals surface area contributed by atoms with Crippen LogP contribution in [0.25, 0.3) is 0 Å². The number of imide groups is 1. The molecule has 2 fully saturated rings. The molecule has 0 atom stereocenters. The zero-order valence-corrected chi connectivity index (χ0v) is 15.8. The number of aryl methyl sites for hydroxylation is 1. The summed E-state index contributed by atoms with van der Waals surface area (Å²) in [7, 11) is 0. The van der Waals surface area contributed by atoms with Crippen molar-refractivity contribution < 1.29 is 19.1 Å². The van der Waals surface area contributed by atoms with Crippen LogP contribution in [-0.4, -0.2) is 48.0 Å². The topological polar surface area (TPSA) is 87.7 Å². The van der Waals surface area contributed by atoms with E-state index < -0.39 is 11.6 Å². The first-order chi connectivity index (χ1) is 13.0. The fraction of sp³-hybridized carbons (Fsp3) is 0.550. The van der Waals surface area contributed by atoms with Gasteiger partial charge in [0, 0.05) is 0 Å². The molecule has 0 unspecified atom stereocenters. The third kappa shape index (κ3) is 4.59. The lowest BCUT2D eigenvalue weighted by molar-refractivity contribution is -0.135. The number of carbonyl (C=O) groups is 3. The highest BCUT2D eigenvalue weighted by Gasteiger charge is 2.50. The van der Waals surface area contributed by atoms with E-state index in [9.17, 15) is 14.4 Å². The van der Waals surface area contributed by atoms with E-state index in [0.717, 1.165) is 41.9 Å². The van der Waals surface area contributed by atoms with E-state index in [0.29, 0.717) is 26.0 Å². The summed E-state index contributed by atoms with van der Waals surface area (Å²) in [5, 5.41) is 5.54. The van der Waals surface area contributed by atoms with Crippen molar-refractivity contribution in [3.05, 3.63) is 29.8 Å². The number of urea groups is 1. The predicted molar refractivity (Wildman–Crippen MR) is 100 cm³/mol. The third-order valence-electron chi connectivity index (χ3n) is 5.19. The molecule has 146 valence electrons. The van der Waals surface area contributed by atoms with E-state index >= 15 is 0 Å². The number of carbonyl (C=O) groups excluding carboxylic acids is 3. The number of hydrogen-bond donors (Lipinski definition) is 2. The Morgan fingerprint density at radius 1 is 1.22 bits per heavy atom. The molecule has 1 spiro atoms. The summed E-state index contributed by atoms with van der Waals surface area (Å²) in [6.07, 6.45) is 5.30. The molecule has 1 aromatic rings. The fourth-order valence-electron chi connectivity index (χ4n) is 3.75. The van der Waals surface area contributed by atoms with Crippen molar-refractivity contribution in [3.63, 3.8) is 0 Å². The van der Waals surface area contributed by atoms with Crippen molar-refractivity contribution in [1.82, 2.24) is 15.5 Å². The molecule has 27 heavy (non-hydrogen) atoms. The monoisotopic (exact) mass is 373 g/mol. The number of amides is 4. The van der Waals surface area contributed by atoms with E-state index in [2.05, 4.69) is 10.6 Å². The number of ether oxygens (including phenoxy) is 1. The van der Waals surface area contributed by atoms with Gasteiger partial charge in [0.25, 0.3) is 5.91 Å². The SMILES string of the molecule is Cc1cccc(OCCNC(=O)CN2C(=O)NC3(CCCCCC3)C2=O)c1. The molecular weight excluding hydrogens is 346 g/mol. The third-order valence-corrected chi connectivity index (χ3v) is 5.19. The highest BCUT2D eigenvalue weighted by atomic mass is 16.5. The Hall–Kier alpha value is -2.57. The largest absolute Gasteiger partial charge is 0.492 e. The Labute approximate surface area is 159 Å². The minimum atomic E-state index is -0.803. The van der Waals surface area contributed by atoms with Gasteiger partial charge in [0.15, 0.2) is 0 Å². The van der Waals surface area contributed by atoms with Crippen LogP contribution in [0.2, 0.25) is 0 Å². The average Bonchev–Trinajstić information content (AvgIpc) is 2.81. The molecule has 2 N–H and O–H groups in total. The first-order valence-electron chi connectivity index (χ1n) is 9.60. The van der Waals surface area contributed by atoms with Crippen LogP contribution in [0.1, 0.15) is 44.1 Å².